The van der Waals surface area contributed by atoms with Gasteiger partial charge in [-0.2, -0.15) is 9.57 Å². The molecule has 1 aromatic carbocycles. The molecule has 0 amide bonds. The minimum Gasteiger partial charge on any atom is -0.207 e. The maximum Gasteiger partial charge on any atom is 0.243 e. The van der Waals surface area contributed by atoms with E-state index >= 15 is 0 Å². The van der Waals surface area contributed by atoms with E-state index in [2.05, 4.69) is 6.92 Å². The van der Waals surface area contributed by atoms with Gasteiger partial charge in [0, 0.05) is 19.5 Å². The van der Waals surface area contributed by atoms with Crippen LogP contribution in [0.5, 0.6) is 0 Å². The van der Waals surface area contributed by atoms with E-state index in [1.165, 1.54) is 4.31 Å². The Hall–Kier alpha value is -1.38. The van der Waals surface area contributed by atoms with Crippen molar-refractivity contribution in [1.82, 2.24) is 4.31 Å². The van der Waals surface area contributed by atoms with Crippen LogP contribution < -0.4 is 0 Å². The first kappa shape index (κ1) is 15.7. The first-order valence-electron chi connectivity index (χ1n) is 6.52. The maximum absolute atomic E-state index is 12.4. The molecule has 0 aliphatic heterocycles. The van der Waals surface area contributed by atoms with Gasteiger partial charge >= 0.3 is 0 Å². The van der Waals surface area contributed by atoms with Crippen molar-refractivity contribution in [1.29, 1.82) is 5.26 Å². The van der Waals surface area contributed by atoms with Gasteiger partial charge in [0.15, 0.2) is 0 Å². The van der Waals surface area contributed by atoms with Crippen LogP contribution in [-0.4, -0.2) is 25.8 Å². The molecule has 1 rings (SSSR count). The van der Waals surface area contributed by atoms with E-state index in [1.807, 2.05) is 18.2 Å². The molecule has 0 saturated heterocycles. The predicted octanol–water partition coefficient (Wildman–Crippen LogP) is 2.56. The number of hydrogen-bond acceptors (Lipinski definition) is 3. The Labute approximate surface area is 115 Å². The van der Waals surface area contributed by atoms with E-state index in [1.54, 1.807) is 19.1 Å². The molecule has 0 N–H and O–H groups in total. The van der Waals surface area contributed by atoms with Gasteiger partial charge in [-0.1, -0.05) is 32.4 Å². The molecular formula is C14H20N2O2S. The Morgan fingerprint density at radius 1 is 1.21 bits per heavy atom. The Morgan fingerprint density at radius 3 is 2.32 bits per heavy atom. The molecule has 1 aromatic rings. The molecule has 0 heterocycles. The third kappa shape index (κ3) is 4.05. The summed E-state index contributed by atoms with van der Waals surface area (Å²) < 4.78 is 26.0. The van der Waals surface area contributed by atoms with Crippen LogP contribution in [-0.2, 0) is 16.4 Å². The first-order chi connectivity index (χ1) is 9.06. The van der Waals surface area contributed by atoms with Crippen molar-refractivity contribution in [2.45, 2.75) is 38.0 Å². The predicted molar refractivity (Wildman–Crippen MR) is 75.1 cm³/mol. The highest BCUT2D eigenvalue weighted by molar-refractivity contribution is 7.89. The van der Waals surface area contributed by atoms with Gasteiger partial charge in [-0.3, -0.25) is 0 Å². The number of hydrogen-bond donors (Lipinski definition) is 0. The van der Waals surface area contributed by atoms with Crippen LogP contribution in [0.2, 0.25) is 0 Å². The number of aryl methyl sites for hydroxylation is 1. The van der Waals surface area contributed by atoms with Crippen molar-refractivity contribution in [2.75, 3.05) is 13.1 Å². The summed E-state index contributed by atoms with van der Waals surface area (Å²) in [6.07, 6.45) is 2.20. The van der Waals surface area contributed by atoms with Gasteiger partial charge in [-0.05, 0) is 24.1 Å². The van der Waals surface area contributed by atoms with E-state index in [4.69, 9.17) is 5.26 Å². The van der Waals surface area contributed by atoms with Crippen LogP contribution in [0.15, 0.2) is 29.2 Å². The lowest BCUT2D eigenvalue weighted by atomic mass is 10.1. The molecule has 5 heteroatoms. The molecule has 0 bridgehead atoms. The molecule has 104 valence electrons. The fourth-order valence-corrected chi connectivity index (χ4v) is 3.34. The largest absolute Gasteiger partial charge is 0.243 e. The van der Waals surface area contributed by atoms with Crippen LogP contribution in [0.25, 0.3) is 0 Å². The summed E-state index contributed by atoms with van der Waals surface area (Å²) in [7, 11) is -3.47. The second-order valence-electron chi connectivity index (χ2n) is 4.30. The van der Waals surface area contributed by atoms with Crippen molar-refractivity contribution in [3.63, 3.8) is 0 Å². The minimum absolute atomic E-state index is 0.209. The van der Waals surface area contributed by atoms with Crippen molar-refractivity contribution in [2.24, 2.45) is 0 Å². The topological polar surface area (TPSA) is 61.2 Å². The van der Waals surface area contributed by atoms with Crippen LogP contribution in [0.1, 0.15) is 32.3 Å². The molecule has 0 aliphatic carbocycles. The summed E-state index contributed by atoms with van der Waals surface area (Å²) in [5.41, 5.74) is 1.14. The van der Waals surface area contributed by atoms with Crippen LogP contribution in [0, 0.1) is 11.3 Å². The number of benzene rings is 1. The molecule has 0 aromatic heterocycles. The van der Waals surface area contributed by atoms with Crippen molar-refractivity contribution >= 4 is 10.0 Å². The van der Waals surface area contributed by atoms with Gasteiger partial charge in [-0.15, -0.1) is 0 Å². The Bertz CT molecular complexity index is 530. The maximum atomic E-state index is 12.4. The lowest BCUT2D eigenvalue weighted by Gasteiger charge is -2.19. The van der Waals surface area contributed by atoms with Gasteiger partial charge in [0.2, 0.25) is 10.0 Å². The van der Waals surface area contributed by atoms with Crippen molar-refractivity contribution in [3.8, 4) is 6.07 Å². The second kappa shape index (κ2) is 7.27. The summed E-state index contributed by atoms with van der Waals surface area (Å²) in [6.45, 7) is 4.48. The van der Waals surface area contributed by atoms with E-state index in [0.29, 0.717) is 11.4 Å². The molecule has 0 unspecified atom stereocenters. The molecule has 0 fully saturated rings. The molecule has 0 atom stereocenters. The highest BCUT2D eigenvalue weighted by Gasteiger charge is 2.22. The van der Waals surface area contributed by atoms with E-state index in [0.717, 1.165) is 18.4 Å². The van der Waals surface area contributed by atoms with Gasteiger partial charge in [0.05, 0.1) is 11.0 Å². The average Bonchev–Trinajstić information content (AvgIpc) is 2.40. The molecule has 0 radical (unpaired) electrons. The van der Waals surface area contributed by atoms with Crippen LogP contribution in [0.4, 0.5) is 0 Å². The third-order valence-electron chi connectivity index (χ3n) is 2.93. The summed E-state index contributed by atoms with van der Waals surface area (Å²) >= 11 is 0. The van der Waals surface area contributed by atoms with Gasteiger partial charge in [0.1, 0.15) is 0 Å². The summed E-state index contributed by atoms with van der Waals surface area (Å²) in [6, 6.07) is 8.98. The normalized spacial score (nSPS) is 11.5. The third-order valence-corrected chi connectivity index (χ3v) is 4.91. The fourth-order valence-electron chi connectivity index (χ4n) is 1.89. The molecular weight excluding hydrogens is 260 g/mol. The molecule has 0 spiro atoms. The quantitative estimate of drug-likeness (QED) is 0.771. The Morgan fingerprint density at radius 2 is 1.84 bits per heavy atom. The smallest absolute Gasteiger partial charge is 0.207 e. The van der Waals surface area contributed by atoms with Crippen molar-refractivity contribution < 1.29 is 8.42 Å². The zero-order valence-electron chi connectivity index (χ0n) is 11.5. The Balaban J connectivity index is 2.95. The highest BCUT2D eigenvalue weighted by atomic mass is 32.2. The molecule has 0 saturated carbocycles. The van der Waals surface area contributed by atoms with Gasteiger partial charge < -0.3 is 0 Å². The number of nitrogens with zero attached hydrogens (tertiary/aromatic N) is 2. The first-order valence-corrected chi connectivity index (χ1v) is 7.96. The minimum atomic E-state index is -3.47. The SMILES string of the molecule is CCCc1ccc(S(=O)(=O)N(CC)CCC#N)cc1. The lowest BCUT2D eigenvalue weighted by molar-refractivity contribution is 0.435. The number of nitriles is 1. The van der Waals surface area contributed by atoms with Gasteiger partial charge in [0.25, 0.3) is 0 Å². The van der Waals surface area contributed by atoms with E-state index in [9.17, 15) is 8.42 Å². The van der Waals surface area contributed by atoms with Crippen LogP contribution >= 0.6 is 0 Å². The summed E-state index contributed by atoms with van der Waals surface area (Å²) in [4.78, 5) is 0.298. The van der Waals surface area contributed by atoms with Gasteiger partial charge in [-0.25, -0.2) is 8.42 Å². The van der Waals surface area contributed by atoms with E-state index < -0.39 is 10.0 Å². The number of rotatable bonds is 7. The zero-order chi connectivity index (χ0) is 14.3. The monoisotopic (exact) mass is 280 g/mol. The lowest BCUT2D eigenvalue weighted by Crippen LogP contribution is -2.31. The van der Waals surface area contributed by atoms with Crippen LogP contribution in [0.3, 0.4) is 0 Å². The fraction of sp³-hybridized carbons (Fsp3) is 0.500. The molecule has 19 heavy (non-hydrogen) atoms. The summed E-state index contributed by atoms with van der Waals surface area (Å²) in [5, 5.41) is 8.57. The van der Waals surface area contributed by atoms with Crippen molar-refractivity contribution in [3.05, 3.63) is 29.8 Å². The second-order valence-corrected chi connectivity index (χ2v) is 6.24. The standard InChI is InChI=1S/C14H20N2O2S/c1-3-6-13-7-9-14(10-8-13)19(17,18)16(4-2)12-5-11-15/h7-10H,3-6,12H2,1-2H3. The number of sulfonamides is 1. The van der Waals surface area contributed by atoms with E-state index in [-0.39, 0.29) is 13.0 Å². The Kier molecular flexibility index (Phi) is 6.00. The zero-order valence-corrected chi connectivity index (χ0v) is 12.3. The molecule has 0 aliphatic rings. The molecule has 4 nitrogen and oxygen atoms in total. The highest BCUT2D eigenvalue weighted by Crippen LogP contribution is 2.17. The average molecular weight is 280 g/mol. The summed E-state index contributed by atoms with van der Waals surface area (Å²) in [5.74, 6) is 0.